The van der Waals surface area contributed by atoms with Gasteiger partial charge in [-0.15, -0.1) is 0 Å². The fourth-order valence-electron chi connectivity index (χ4n) is 1.01. The molecule has 1 atom stereocenters. The van der Waals surface area contributed by atoms with Gasteiger partial charge in [0.25, 0.3) is 0 Å². The van der Waals surface area contributed by atoms with E-state index in [-0.39, 0.29) is 6.61 Å². The van der Waals surface area contributed by atoms with Gasteiger partial charge in [-0.3, -0.25) is 0 Å². The minimum atomic E-state index is -2.92. The van der Waals surface area contributed by atoms with Gasteiger partial charge in [-0.25, -0.2) is 0 Å². The maximum Gasteiger partial charge on any atom is 0.360 e. The fourth-order valence-corrected chi connectivity index (χ4v) is 1.01. The Morgan fingerprint density at radius 3 is 2.69 bits per heavy atom. The summed E-state index contributed by atoms with van der Waals surface area (Å²) in [5, 5.41) is 0. The molecule has 76 valence electrons. The number of allylic oxidation sites excluding steroid dienone is 1. The number of alkyl halides is 2. The van der Waals surface area contributed by atoms with E-state index in [4.69, 9.17) is 4.74 Å². The molecular formula is C9H14F2O2. The van der Waals surface area contributed by atoms with E-state index in [1.165, 1.54) is 0 Å². The van der Waals surface area contributed by atoms with Crippen molar-refractivity contribution in [1.82, 2.24) is 0 Å². The SMILES string of the molecule is CC(C)=COCCC1COC1(F)F. The largest absolute Gasteiger partial charge is 0.501 e. The lowest BCUT2D eigenvalue weighted by atomic mass is 10.0. The third-order valence-corrected chi connectivity index (χ3v) is 1.86. The summed E-state index contributed by atoms with van der Waals surface area (Å²) >= 11 is 0. The van der Waals surface area contributed by atoms with Crippen molar-refractivity contribution in [1.29, 1.82) is 0 Å². The first-order chi connectivity index (χ1) is 6.02. The topological polar surface area (TPSA) is 18.5 Å². The van der Waals surface area contributed by atoms with E-state index < -0.39 is 12.0 Å². The average molecular weight is 192 g/mol. The van der Waals surface area contributed by atoms with E-state index in [1.807, 2.05) is 13.8 Å². The van der Waals surface area contributed by atoms with E-state index in [2.05, 4.69) is 4.74 Å². The highest BCUT2D eigenvalue weighted by atomic mass is 19.3. The van der Waals surface area contributed by atoms with Crippen molar-refractivity contribution in [3.8, 4) is 0 Å². The Morgan fingerprint density at radius 2 is 2.31 bits per heavy atom. The van der Waals surface area contributed by atoms with Crippen LogP contribution in [-0.2, 0) is 9.47 Å². The molecule has 0 aromatic rings. The van der Waals surface area contributed by atoms with Crippen LogP contribution in [0.5, 0.6) is 0 Å². The lowest BCUT2D eigenvalue weighted by Crippen LogP contribution is -2.46. The molecule has 1 fully saturated rings. The van der Waals surface area contributed by atoms with Crippen molar-refractivity contribution in [3.63, 3.8) is 0 Å². The van der Waals surface area contributed by atoms with Crippen LogP contribution in [0.4, 0.5) is 8.78 Å². The number of halogens is 2. The van der Waals surface area contributed by atoms with Gasteiger partial charge < -0.3 is 9.47 Å². The summed E-state index contributed by atoms with van der Waals surface area (Å²) in [6.45, 7) is 4.25. The van der Waals surface area contributed by atoms with Crippen molar-refractivity contribution in [2.24, 2.45) is 5.92 Å². The van der Waals surface area contributed by atoms with E-state index >= 15 is 0 Å². The third kappa shape index (κ3) is 2.95. The van der Waals surface area contributed by atoms with Gasteiger partial charge in [-0.05, 0) is 25.8 Å². The number of hydrogen-bond acceptors (Lipinski definition) is 2. The smallest absolute Gasteiger partial charge is 0.360 e. The Bertz CT molecular complexity index is 198. The zero-order valence-corrected chi connectivity index (χ0v) is 7.85. The van der Waals surface area contributed by atoms with Crippen molar-refractivity contribution < 1.29 is 18.3 Å². The maximum absolute atomic E-state index is 12.5. The Hall–Kier alpha value is -0.640. The summed E-state index contributed by atoms with van der Waals surface area (Å²) in [5.74, 6) is -0.668. The van der Waals surface area contributed by atoms with E-state index in [0.717, 1.165) is 5.57 Å². The van der Waals surface area contributed by atoms with Crippen LogP contribution in [0.15, 0.2) is 11.8 Å². The normalized spacial score (nSPS) is 24.8. The molecule has 0 spiro atoms. The van der Waals surface area contributed by atoms with Gasteiger partial charge in [-0.2, -0.15) is 8.78 Å². The van der Waals surface area contributed by atoms with Gasteiger partial charge in [-0.1, -0.05) is 0 Å². The average Bonchev–Trinajstić information content (AvgIpc) is 2.01. The summed E-state index contributed by atoms with van der Waals surface area (Å²) in [6, 6.07) is 0. The first-order valence-corrected chi connectivity index (χ1v) is 4.29. The Kier molecular flexibility index (Phi) is 3.25. The summed E-state index contributed by atoms with van der Waals surface area (Å²) in [6.07, 6.45) is -0.997. The second-order valence-electron chi connectivity index (χ2n) is 3.42. The van der Waals surface area contributed by atoms with Crippen LogP contribution in [0.25, 0.3) is 0 Å². The molecule has 1 aliphatic heterocycles. The summed E-state index contributed by atoms with van der Waals surface area (Å²) < 4.78 is 34.1. The predicted molar refractivity (Wildman–Crippen MR) is 44.4 cm³/mol. The molecular weight excluding hydrogens is 178 g/mol. The van der Waals surface area contributed by atoms with Crippen LogP contribution in [0, 0.1) is 5.92 Å². The van der Waals surface area contributed by atoms with Crippen LogP contribution >= 0.6 is 0 Å². The molecule has 0 bridgehead atoms. The molecule has 1 rings (SSSR count). The fraction of sp³-hybridized carbons (Fsp3) is 0.778. The second kappa shape index (κ2) is 4.05. The number of hydrogen-bond donors (Lipinski definition) is 0. The van der Waals surface area contributed by atoms with Crippen LogP contribution in [-0.4, -0.2) is 19.3 Å². The molecule has 0 aromatic carbocycles. The molecule has 1 unspecified atom stereocenters. The zero-order valence-electron chi connectivity index (χ0n) is 7.85. The Morgan fingerprint density at radius 1 is 1.62 bits per heavy atom. The van der Waals surface area contributed by atoms with Gasteiger partial charge >= 0.3 is 6.11 Å². The number of ether oxygens (including phenoxy) is 2. The zero-order chi connectivity index (χ0) is 9.90. The lowest BCUT2D eigenvalue weighted by Gasteiger charge is -2.35. The third-order valence-electron chi connectivity index (χ3n) is 1.86. The molecule has 1 aliphatic rings. The van der Waals surface area contributed by atoms with Gasteiger partial charge in [0, 0.05) is 0 Å². The minimum absolute atomic E-state index is 0.144. The van der Waals surface area contributed by atoms with E-state index in [0.29, 0.717) is 13.0 Å². The highest BCUT2D eigenvalue weighted by molar-refractivity contribution is 4.86. The molecule has 1 saturated heterocycles. The molecule has 0 N–H and O–H groups in total. The van der Waals surface area contributed by atoms with Crippen molar-refractivity contribution in [2.45, 2.75) is 26.4 Å². The molecule has 0 radical (unpaired) electrons. The Balaban J connectivity index is 2.10. The van der Waals surface area contributed by atoms with Gasteiger partial charge in [0.2, 0.25) is 0 Å². The van der Waals surface area contributed by atoms with E-state index in [9.17, 15) is 8.78 Å². The summed E-state index contributed by atoms with van der Waals surface area (Å²) in [5.41, 5.74) is 1.02. The minimum Gasteiger partial charge on any atom is -0.501 e. The Labute approximate surface area is 76.5 Å². The molecule has 13 heavy (non-hydrogen) atoms. The maximum atomic E-state index is 12.5. The molecule has 0 aromatic heterocycles. The van der Waals surface area contributed by atoms with Crippen molar-refractivity contribution >= 4 is 0 Å². The standard InChI is InChI=1S/C9H14F2O2/c1-7(2)5-12-4-3-8-6-13-9(8,10)11/h5,8H,3-4,6H2,1-2H3. The first kappa shape index (κ1) is 10.4. The quantitative estimate of drug-likeness (QED) is 0.503. The first-order valence-electron chi connectivity index (χ1n) is 4.29. The summed E-state index contributed by atoms with van der Waals surface area (Å²) in [4.78, 5) is 0. The summed E-state index contributed by atoms with van der Waals surface area (Å²) in [7, 11) is 0. The monoisotopic (exact) mass is 192 g/mol. The molecule has 2 nitrogen and oxygen atoms in total. The highest BCUT2D eigenvalue weighted by Gasteiger charge is 2.49. The van der Waals surface area contributed by atoms with Crippen LogP contribution in [0.1, 0.15) is 20.3 Å². The molecule has 1 heterocycles. The lowest BCUT2D eigenvalue weighted by molar-refractivity contribution is -0.359. The molecule has 0 amide bonds. The highest BCUT2D eigenvalue weighted by Crippen LogP contribution is 2.37. The molecule has 0 saturated carbocycles. The van der Waals surface area contributed by atoms with Crippen molar-refractivity contribution in [2.75, 3.05) is 13.2 Å². The van der Waals surface area contributed by atoms with E-state index in [1.54, 1.807) is 6.26 Å². The predicted octanol–water partition coefficient (Wildman–Crippen LogP) is 2.56. The van der Waals surface area contributed by atoms with Crippen LogP contribution < -0.4 is 0 Å². The van der Waals surface area contributed by atoms with Crippen LogP contribution in [0.3, 0.4) is 0 Å². The number of rotatable bonds is 4. The molecule has 4 heteroatoms. The van der Waals surface area contributed by atoms with Crippen molar-refractivity contribution in [3.05, 3.63) is 11.8 Å². The van der Waals surface area contributed by atoms with Crippen LogP contribution in [0.2, 0.25) is 0 Å². The van der Waals surface area contributed by atoms with Gasteiger partial charge in [0.15, 0.2) is 0 Å². The van der Waals surface area contributed by atoms with Gasteiger partial charge in [0.05, 0.1) is 25.4 Å². The molecule has 0 aliphatic carbocycles. The van der Waals surface area contributed by atoms with Gasteiger partial charge in [0.1, 0.15) is 0 Å². The second-order valence-corrected chi connectivity index (χ2v) is 3.42.